The number of amides is 1. The Balaban J connectivity index is 2.21. The molecule has 0 bridgehead atoms. The van der Waals surface area contributed by atoms with Gasteiger partial charge in [0.2, 0.25) is 5.91 Å². The third-order valence-corrected chi connectivity index (χ3v) is 3.26. The highest BCUT2D eigenvalue weighted by Gasteiger charge is 2.50. The van der Waals surface area contributed by atoms with E-state index in [2.05, 4.69) is 0 Å². The Labute approximate surface area is 112 Å². The molecule has 1 aromatic carbocycles. The van der Waals surface area contributed by atoms with Crippen LogP contribution in [-0.4, -0.2) is 31.6 Å². The fraction of sp³-hybridized carbons (Fsp3) is 0.429. The molecular formula is C14H17NO4. The summed E-state index contributed by atoms with van der Waals surface area (Å²) in [7, 11) is 1.58. The highest BCUT2D eigenvalue weighted by atomic mass is 16.5. The van der Waals surface area contributed by atoms with Crippen molar-refractivity contribution in [3.05, 3.63) is 24.3 Å². The summed E-state index contributed by atoms with van der Waals surface area (Å²) < 4.78 is 10.1. The van der Waals surface area contributed by atoms with Crippen molar-refractivity contribution in [1.82, 2.24) is 0 Å². The lowest BCUT2D eigenvalue weighted by molar-refractivity contribution is -0.153. The molecular weight excluding hydrogens is 246 g/mol. The summed E-state index contributed by atoms with van der Waals surface area (Å²) in [5, 5.41) is 0. The van der Waals surface area contributed by atoms with E-state index in [1.54, 1.807) is 45.2 Å². The number of carbonyl (C=O) groups excluding carboxylic acids is 2. The average Bonchev–Trinajstić information content (AvgIpc) is 2.44. The predicted octanol–water partition coefficient (Wildman–Crippen LogP) is 1.61. The summed E-state index contributed by atoms with van der Waals surface area (Å²) >= 11 is 0. The highest BCUT2D eigenvalue weighted by molar-refractivity contribution is 6.10. The van der Waals surface area contributed by atoms with Crippen LogP contribution in [0.1, 0.15) is 13.8 Å². The molecule has 19 heavy (non-hydrogen) atoms. The Morgan fingerprint density at radius 3 is 2.47 bits per heavy atom. The highest BCUT2D eigenvalue weighted by Crippen LogP contribution is 2.33. The van der Waals surface area contributed by atoms with Crippen molar-refractivity contribution in [2.24, 2.45) is 5.92 Å². The number of anilines is 1. The topological polar surface area (TPSA) is 55.8 Å². The summed E-state index contributed by atoms with van der Waals surface area (Å²) in [6, 6.07) is 6.51. The maximum absolute atomic E-state index is 11.9. The minimum absolute atomic E-state index is 0.0665. The quantitative estimate of drug-likeness (QED) is 0.611. The van der Waals surface area contributed by atoms with Crippen LogP contribution in [0.4, 0.5) is 5.69 Å². The molecule has 1 aliphatic rings. The molecule has 5 heteroatoms. The first kappa shape index (κ1) is 13.4. The zero-order valence-electron chi connectivity index (χ0n) is 11.3. The van der Waals surface area contributed by atoms with Crippen LogP contribution < -0.4 is 9.64 Å². The van der Waals surface area contributed by atoms with Crippen molar-refractivity contribution in [1.29, 1.82) is 0 Å². The monoisotopic (exact) mass is 263 g/mol. The minimum atomic E-state index is -0.527. The fourth-order valence-corrected chi connectivity index (χ4v) is 2.20. The van der Waals surface area contributed by atoms with Crippen molar-refractivity contribution >= 4 is 17.6 Å². The molecule has 1 saturated heterocycles. The first-order valence-corrected chi connectivity index (χ1v) is 6.24. The van der Waals surface area contributed by atoms with Gasteiger partial charge in [-0.3, -0.25) is 9.69 Å². The van der Waals surface area contributed by atoms with Crippen molar-refractivity contribution in [2.75, 3.05) is 18.6 Å². The molecule has 1 fully saturated rings. The van der Waals surface area contributed by atoms with Crippen LogP contribution in [0.3, 0.4) is 0 Å². The van der Waals surface area contributed by atoms with Gasteiger partial charge in [0.15, 0.2) is 0 Å². The van der Waals surface area contributed by atoms with Gasteiger partial charge in [-0.25, -0.2) is 4.79 Å². The molecule has 0 unspecified atom stereocenters. The number of hydrogen-bond acceptors (Lipinski definition) is 4. The van der Waals surface area contributed by atoms with Gasteiger partial charge in [0.1, 0.15) is 11.8 Å². The summed E-state index contributed by atoms with van der Waals surface area (Å²) in [6.45, 7) is 3.80. The Hall–Kier alpha value is -2.04. The van der Waals surface area contributed by atoms with Crippen LogP contribution in [0.25, 0.3) is 0 Å². The molecule has 2 rings (SSSR count). The normalized spacial score (nSPS) is 21.8. The van der Waals surface area contributed by atoms with Crippen LogP contribution in [0.15, 0.2) is 24.3 Å². The molecule has 0 N–H and O–H groups in total. The number of rotatable bonds is 4. The second-order valence-electron chi connectivity index (χ2n) is 4.39. The van der Waals surface area contributed by atoms with Crippen LogP contribution in [0, 0.1) is 5.92 Å². The first-order valence-electron chi connectivity index (χ1n) is 6.24. The van der Waals surface area contributed by atoms with Gasteiger partial charge in [-0.05, 0) is 31.2 Å². The van der Waals surface area contributed by atoms with Crippen LogP contribution in [-0.2, 0) is 14.3 Å². The average molecular weight is 263 g/mol. The van der Waals surface area contributed by atoms with Crippen molar-refractivity contribution in [3.63, 3.8) is 0 Å². The molecule has 5 nitrogen and oxygen atoms in total. The number of nitrogens with zero attached hydrogens (tertiary/aromatic N) is 1. The van der Waals surface area contributed by atoms with E-state index in [1.807, 2.05) is 0 Å². The van der Waals surface area contributed by atoms with E-state index in [4.69, 9.17) is 9.47 Å². The van der Waals surface area contributed by atoms with E-state index in [1.165, 1.54) is 4.90 Å². The standard InChI is InChI=1S/C14H17NO4/c1-4-19-14(17)12-9(2)13(16)15(12)10-5-7-11(18-3)8-6-10/h5-9,12H,4H2,1-3H3/t9-,12-/m1/s1. The maximum Gasteiger partial charge on any atom is 0.330 e. The SMILES string of the molecule is CCOC(=O)[C@H]1[C@@H](C)C(=O)N1c1ccc(OC)cc1. The van der Waals surface area contributed by atoms with Crippen molar-refractivity contribution < 1.29 is 19.1 Å². The van der Waals surface area contributed by atoms with Crippen molar-refractivity contribution in [2.45, 2.75) is 19.9 Å². The van der Waals surface area contributed by atoms with Gasteiger partial charge < -0.3 is 9.47 Å². The largest absolute Gasteiger partial charge is 0.497 e. The summed E-state index contributed by atoms with van der Waals surface area (Å²) in [5.41, 5.74) is 0.682. The molecule has 2 atom stereocenters. The van der Waals surface area contributed by atoms with Crippen LogP contribution >= 0.6 is 0 Å². The first-order chi connectivity index (χ1) is 9.10. The van der Waals surface area contributed by atoms with Gasteiger partial charge in [-0.1, -0.05) is 6.92 Å². The Kier molecular flexibility index (Phi) is 3.74. The molecule has 0 aromatic heterocycles. The zero-order valence-corrected chi connectivity index (χ0v) is 11.3. The van der Waals surface area contributed by atoms with E-state index in [0.29, 0.717) is 18.0 Å². The lowest BCUT2D eigenvalue weighted by atomic mass is 9.88. The van der Waals surface area contributed by atoms with Gasteiger partial charge in [-0.15, -0.1) is 0 Å². The molecule has 0 spiro atoms. The number of carbonyl (C=O) groups is 2. The van der Waals surface area contributed by atoms with E-state index in [0.717, 1.165) is 0 Å². The number of ether oxygens (including phenoxy) is 2. The molecule has 1 aliphatic heterocycles. The third-order valence-electron chi connectivity index (χ3n) is 3.26. The lowest BCUT2D eigenvalue weighted by Crippen LogP contribution is -2.64. The van der Waals surface area contributed by atoms with Crippen molar-refractivity contribution in [3.8, 4) is 5.75 Å². The molecule has 1 aromatic rings. The van der Waals surface area contributed by atoms with Crippen LogP contribution in [0.2, 0.25) is 0 Å². The summed E-state index contributed by atoms with van der Waals surface area (Å²) in [5.74, 6) is -0.0488. The second kappa shape index (κ2) is 5.30. The number of esters is 1. The second-order valence-corrected chi connectivity index (χ2v) is 4.39. The molecule has 1 heterocycles. The third kappa shape index (κ3) is 2.28. The zero-order chi connectivity index (χ0) is 14.0. The number of hydrogen-bond donors (Lipinski definition) is 0. The number of methoxy groups -OCH3 is 1. The summed E-state index contributed by atoms with van der Waals surface area (Å²) in [6.07, 6.45) is 0. The van der Waals surface area contributed by atoms with Gasteiger partial charge >= 0.3 is 5.97 Å². The number of benzene rings is 1. The van der Waals surface area contributed by atoms with Crippen LogP contribution in [0.5, 0.6) is 5.75 Å². The van der Waals surface area contributed by atoms with E-state index >= 15 is 0 Å². The molecule has 0 radical (unpaired) electrons. The van der Waals surface area contributed by atoms with Gasteiger partial charge in [-0.2, -0.15) is 0 Å². The van der Waals surface area contributed by atoms with E-state index in [-0.39, 0.29) is 17.8 Å². The van der Waals surface area contributed by atoms with Gasteiger partial charge in [0, 0.05) is 5.69 Å². The fourth-order valence-electron chi connectivity index (χ4n) is 2.20. The lowest BCUT2D eigenvalue weighted by Gasteiger charge is -2.43. The Morgan fingerprint density at radius 1 is 1.32 bits per heavy atom. The summed E-state index contributed by atoms with van der Waals surface area (Å²) in [4.78, 5) is 25.2. The number of β-lactam (4-membered cyclic amide) rings is 1. The van der Waals surface area contributed by atoms with E-state index in [9.17, 15) is 9.59 Å². The van der Waals surface area contributed by atoms with Gasteiger partial charge in [0.05, 0.1) is 19.6 Å². The predicted molar refractivity (Wildman–Crippen MR) is 70.1 cm³/mol. The van der Waals surface area contributed by atoms with E-state index < -0.39 is 6.04 Å². The Bertz CT molecular complexity index is 483. The Morgan fingerprint density at radius 2 is 1.95 bits per heavy atom. The van der Waals surface area contributed by atoms with Gasteiger partial charge in [0.25, 0.3) is 0 Å². The molecule has 102 valence electrons. The maximum atomic E-state index is 11.9. The molecule has 0 aliphatic carbocycles. The molecule has 0 saturated carbocycles. The minimum Gasteiger partial charge on any atom is -0.497 e. The smallest absolute Gasteiger partial charge is 0.330 e. The molecule has 1 amide bonds.